The summed E-state index contributed by atoms with van der Waals surface area (Å²) < 4.78 is 0. The van der Waals surface area contributed by atoms with Crippen molar-refractivity contribution in [1.82, 2.24) is 9.97 Å². The van der Waals surface area contributed by atoms with Gasteiger partial charge in [0.1, 0.15) is 5.82 Å². The molecule has 0 radical (unpaired) electrons. The monoisotopic (exact) mass is 211 g/mol. The zero-order valence-electron chi connectivity index (χ0n) is 8.41. The average Bonchev–Trinajstić information content (AvgIpc) is 2.14. The average molecular weight is 211 g/mol. The second-order valence-electron chi connectivity index (χ2n) is 3.13. The van der Waals surface area contributed by atoms with Crippen LogP contribution in [0, 0.1) is 0 Å². The van der Waals surface area contributed by atoms with Crippen LogP contribution < -0.4 is 11.4 Å². The second kappa shape index (κ2) is 4.59. The number of aromatic amines is 1. The van der Waals surface area contributed by atoms with Crippen molar-refractivity contribution in [2.45, 2.75) is 26.2 Å². The van der Waals surface area contributed by atoms with E-state index in [4.69, 9.17) is 10.8 Å². The van der Waals surface area contributed by atoms with Crippen LogP contribution in [0.3, 0.4) is 0 Å². The number of nitrogens with one attached hydrogen (secondary N) is 1. The predicted molar refractivity (Wildman–Crippen MR) is 54.6 cm³/mol. The smallest absolute Gasteiger partial charge is 0.347 e. The van der Waals surface area contributed by atoms with E-state index in [0.29, 0.717) is 17.7 Å². The van der Waals surface area contributed by atoms with E-state index in [2.05, 4.69) is 9.97 Å². The first-order chi connectivity index (χ1) is 7.04. The molecule has 0 aliphatic rings. The highest BCUT2D eigenvalue weighted by Gasteiger charge is 2.10. The number of hydrogen-bond acceptors (Lipinski definition) is 4. The van der Waals surface area contributed by atoms with Crippen molar-refractivity contribution in [2.24, 2.45) is 0 Å². The highest BCUT2D eigenvalue weighted by molar-refractivity contribution is 5.67. The van der Waals surface area contributed by atoms with Crippen LogP contribution in [0.4, 0.5) is 5.82 Å². The Kier molecular flexibility index (Phi) is 3.43. The van der Waals surface area contributed by atoms with E-state index >= 15 is 0 Å². The van der Waals surface area contributed by atoms with Crippen molar-refractivity contribution in [1.29, 1.82) is 0 Å². The molecule has 0 saturated heterocycles. The Hall–Kier alpha value is -1.85. The number of nitrogen functional groups attached to an aromatic ring is 1. The quantitative estimate of drug-likeness (QED) is 0.646. The van der Waals surface area contributed by atoms with E-state index in [1.54, 1.807) is 0 Å². The Labute approximate surface area is 86.2 Å². The molecule has 0 aliphatic heterocycles. The molecule has 0 saturated carbocycles. The molecule has 1 heterocycles. The third-order valence-corrected chi connectivity index (χ3v) is 2.10. The van der Waals surface area contributed by atoms with Crippen LogP contribution in [-0.4, -0.2) is 21.0 Å². The standard InChI is InChI=1S/C9H13N3O3/c1-2-6-5(3-4-7(13)14)8(10)12-9(15)11-6/h2-4H2,1H3,(H,13,14)(H3,10,11,12,15). The fourth-order valence-electron chi connectivity index (χ4n) is 1.38. The van der Waals surface area contributed by atoms with Crippen LogP contribution in [-0.2, 0) is 17.6 Å². The van der Waals surface area contributed by atoms with Crippen molar-refractivity contribution < 1.29 is 9.90 Å². The minimum Gasteiger partial charge on any atom is -0.481 e. The number of hydrogen-bond donors (Lipinski definition) is 3. The fraction of sp³-hybridized carbons (Fsp3) is 0.444. The van der Waals surface area contributed by atoms with Crippen LogP contribution in [0.15, 0.2) is 4.79 Å². The summed E-state index contributed by atoms with van der Waals surface area (Å²) >= 11 is 0. The first-order valence-corrected chi connectivity index (χ1v) is 4.64. The van der Waals surface area contributed by atoms with Gasteiger partial charge in [-0.2, -0.15) is 4.98 Å². The van der Waals surface area contributed by atoms with Crippen molar-refractivity contribution in [3.05, 3.63) is 21.7 Å². The summed E-state index contributed by atoms with van der Waals surface area (Å²) in [6, 6.07) is 0. The van der Waals surface area contributed by atoms with Crippen molar-refractivity contribution in [3.63, 3.8) is 0 Å². The molecule has 0 fully saturated rings. The zero-order chi connectivity index (χ0) is 11.4. The molecule has 82 valence electrons. The lowest BCUT2D eigenvalue weighted by molar-refractivity contribution is -0.136. The minimum atomic E-state index is -0.900. The molecule has 0 amide bonds. The first kappa shape index (κ1) is 11.2. The van der Waals surface area contributed by atoms with E-state index in [0.717, 1.165) is 0 Å². The number of aromatic nitrogens is 2. The number of rotatable bonds is 4. The van der Waals surface area contributed by atoms with Gasteiger partial charge < -0.3 is 15.8 Å². The highest BCUT2D eigenvalue weighted by Crippen LogP contribution is 2.13. The first-order valence-electron chi connectivity index (χ1n) is 4.64. The molecule has 0 bridgehead atoms. The molecule has 4 N–H and O–H groups in total. The molecule has 0 atom stereocenters. The molecule has 0 unspecified atom stereocenters. The van der Waals surface area contributed by atoms with Crippen LogP contribution >= 0.6 is 0 Å². The SMILES string of the molecule is CCc1[nH]c(=O)nc(N)c1CCC(=O)O. The molecule has 0 aromatic carbocycles. The van der Waals surface area contributed by atoms with Gasteiger partial charge in [0.15, 0.2) is 0 Å². The van der Waals surface area contributed by atoms with Gasteiger partial charge >= 0.3 is 11.7 Å². The molecule has 1 rings (SSSR count). The van der Waals surface area contributed by atoms with Gasteiger partial charge in [0.25, 0.3) is 0 Å². The Bertz CT molecular complexity index is 425. The normalized spacial score (nSPS) is 10.2. The molecular weight excluding hydrogens is 198 g/mol. The van der Waals surface area contributed by atoms with E-state index in [1.807, 2.05) is 6.92 Å². The Morgan fingerprint density at radius 1 is 1.60 bits per heavy atom. The Morgan fingerprint density at radius 2 is 2.27 bits per heavy atom. The highest BCUT2D eigenvalue weighted by atomic mass is 16.4. The second-order valence-corrected chi connectivity index (χ2v) is 3.13. The van der Waals surface area contributed by atoms with Crippen molar-refractivity contribution >= 4 is 11.8 Å². The maximum atomic E-state index is 11.0. The van der Waals surface area contributed by atoms with E-state index < -0.39 is 11.7 Å². The lowest BCUT2D eigenvalue weighted by Crippen LogP contribution is -2.18. The van der Waals surface area contributed by atoms with Gasteiger partial charge in [-0.25, -0.2) is 4.79 Å². The summed E-state index contributed by atoms with van der Waals surface area (Å²) in [7, 11) is 0. The van der Waals surface area contributed by atoms with E-state index in [9.17, 15) is 9.59 Å². The Morgan fingerprint density at radius 3 is 2.80 bits per heavy atom. The predicted octanol–water partition coefficient (Wildman–Crippen LogP) is -0.0683. The topological polar surface area (TPSA) is 109 Å². The zero-order valence-corrected chi connectivity index (χ0v) is 8.41. The van der Waals surface area contributed by atoms with Crippen LogP contribution in [0.5, 0.6) is 0 Å². The van der Waals surface area contributed by atoms with Crippen LogP contribution in [0.25, 0.3) is 0 Å². The number of aryl methyl sites for hydroxylation is 1. The summed E-state index contributed by atoms with van der Waals surface area (Å²) in [5.41, 5.74) is 6.35. The molecule has 0 aliphatic carbocycles. The summed E-state index contributed by atoms with van der Waals surface area (Å²) in [6.07, 6.45) is 0.857. The van der Waals surface area contributed by atoms with Gasteiger partial charge in [0, 0.05) is 17.7 Å². The van der Waals surface area contributed by atoms with E-state index in [1.165, 1.54) is 0 Å². The number of carboxylic acids is 1. The maximum absolute atomic E-state index is 11.0. The summed E-state index contributed by atoms with van der Waals surface area (Å²) in [4.78, 5) is 27.5. The summed E-state index contributed by atoms with van der Waals surface area (Å²) in [6.45, 7) is 1.86. The lowest BCUT2D eigenvalue weighted by Gasteiger charge is -2.07. The fourth-order valence-corrected chi connectivity index (χ4v) is 1.38. The van der Waals surface area contributed by atoms with Crippen molar-refractivity contribution in [2.75, 3.05) is 5.73 Å². The van der Waals surface area contributed by atoms with Crippen molar-refractivity contribution in [3.8, 4) is 0 Å². The summed E-state index contributed by atoms with van der Waals surface area (Å²) in [5.74, 6) is -0.778. The molecule has 0 spiro atoms. The molecule has 15 heavy (non-hydrogen) atoms. The lowest BCUT2D eigenvalue weighted by atomic mass is 10.1. The van der Waals surface area contributed by atoms with Gasteiger partial charge in [-0.15, -0.1) is 0 Å². The number of H-pyrrole nitrogens is 1. The van der Waals surface area contributed by atoms with Gasteiger partial charge in [-0.3, -0.25) is 4.79 Å². The van der Waals surface area contributed by atoms with Crippen LogP contribution in [0.1, 0.15) is 24.6 Å². The van der Waals surface area contributed by atoms with Gasteiger partial charge in [-0.05, 0) is 12.8 Å². The Balaban J connectivity index is 3.04. The molecule has 6 heteroatoms. The number of carboxylic acid groups (broad SMARTS) is 1. The molecule has 1 aromatic rings. The molecule has 6 nitrogen and oxygen atoms in total. The number of nitrogens with zero attached hydrogens (tertiary/aromatic N) is 1. The molecular formula is C9H13N3O3. The minimum absolute atomic E-state index is 0.0229. The molecule has 1 aromatic heterocycles. The maximum Gasteiger partial charge on any atom is 0.347 e. The van der Waals surface area contributed by atoms with Crippen LogP contribution in [0.2, 0.25) is 0 Å². The number of carbonyl (C=O) groups is 1. The number of anilines is 1. The third-order valence-electron chi connectivity index (χ3n) is 2.10. The van der Waals surface area contributed by atoms with Gasteiger partial charge in [0.05, 0.1) is 0 Å². The largest absolute Gasteiger partial charge is 0.481 e. The van der Waals surface area contributed by atoms with E-state index in [-0.39, 0.29) is 18.7 Å². The third kappa shape index (κ3) is 2.80. The van der Waals surface area contributed by atoms with Gasteiger partial charge in [0.2, 0.25) is 0 Å². The summed E-state index contributed by atoms with van der Waals surface area (Å²) in [5, 5.41) is 8.55. The number of aliphatic carboxylic acids is 1. The number of nitrogens with two attached hydrogens (primary N) is 1. The van der Waals surface area contributed by atoms with Gasteiger partial charge in [-0.1, -0.05) is 6.92 Å².